The SMILES string of the molecule is CC(C)[C@H](NC(=O)CNCCC(C)(C)C)C(=O)N[C@@H](Cc1ccccc1)C(O)[C@H](Cc1ccccc1)NC(=O)[C@@H](NC(=O)CNCCC(C)(C)C)C(C)C. The number of carbonyl (C=O) groups excluding carboxylic acids is 4. The molecule has 7 N–H and O–H groups in total. The fourth-order valence-corrected chi connectivity index (χ4v) is 5.93. The minimum absolute atomic E-state index is 0.0777. The van der Waals surface area contributed by atoms with E-state index in [9.17, 15) is 24.3 Å². The van der Waals surface area contributed by atoms with Gasteiger partial charge in [0.2, 0.25) is 23.6 Å². The van der Waals surface area contributed by atoms with E-state index in [2.05, 4.69) is 73.4 Å². The summed E-state index contributed by atoms with van der Waals surface area (Å²) in [6, 6.07) is 15.6. The van der Waals surface area contributed by atoms with Crippen LogP contribution in [0.4, 0.5) is 0 Å². The zero-order chi connectivity index (χ0) is 40.5. The summed E-state index contributed by atoms with van der Waals surface area (Å²) in [5.41, 5.74) is 2.02. The largest absolute Gasteiger partial charge is 0.389 e. The van der Waals surface area contributed by atoms with Crippen LogP contribution in [-0.4, -0.2) is 85.2 Å². The van der Waals surface area contributed by atoms with Gasteiger partial charge in [0.15, 0.2) is 0 Å². The molecule has 54 heavy (non-hydrogen) atoms. The lowest BCUT2D eigenvalue weighted by molar-refractivity contribution is -0.132. The average molecular weight is 751 g/mol. The quantitative estimate of drug-likeness (QED) is 0.0892. The van der Waals surface area contributed by atoms with E-state index in [0.717, 1.165) is 24.0 Å². The molecule has 11 heteroatoms. The molecule has 2 aromatic rings. The van der Waals surface area contributed by atoms with Crippen molar-refractivity contribution >= 4 is 23.6 Å². The smallest absolute Gasteiger partial charge is 0.243 e. The first kappa shape index (κ1) is 46.4. The molecule has 0 aliphatic heterocycles. The Morgan fingerprint density at radius 1 is 0.556 bits per heavy atom. The predicted molar refractivity (Wildman–Crippen MR) is 218 cm³/mol. The third-order valence-electron chi connectivity index (χ3n) is 9.28. The highest BCUT2D eigenvalue weighted by Gasteiger charge is 2.35. The van der Waals surface area contributed by atoms with Crippen LogP contribution in [0.15, 0.2) is 60.7 Å². The number of carbonyl (C=O) groups is 4. The third kappa shape index (κ3) is 18.5. The summed E-state index contributed by atoms with van der Waals surface area (Å²) in [4.78, 5) is 53.9. The molecule has 0 aromatic heterocycles. The molecule has 4 atom stereocenters. The lowest BCUT2D eigenvalue weighted by Crippen LogP contribution is -2.61. The first-order valence-corrected chi connectivity index (χ1v) is 19.6. The van der Waals surface area contributed by atoms with Crippen molar-refractivity contribution in [1.82, 2.24) is 31.9 Å². The van der Waals surface area contributed by atoms with E-state index in [0.29, 0.717) is 13.1 Å². The summed E-state index contributed by atoms with van der Waals surface area (Å²) >= 11 is 0. The van der Waals surface area contributed by atoms with E-state index < -0.39 is 42.1 Å². The van der Waals surface area contributed by atoms with Crippen molar-refractivity contribution in [2.24, 2.45) is 22.7 Å². The van der Waals surface area contributed by atoms with E-state index in [4.69, 9.17) is 0 Å². The Kier molecular flexibility index (Phi) is 19.4. The van der Waals surface area contributed by atoms with Crippen molar-refractivity contribution in [2.75, 3.05) is 26.2 Å². The Bertz CT molecular complexity index is 1310. The van der Waals surface area contributed by atoms with Crippen molar-refractivity contribution in [3.05, 3.63) is 71.8 Å². The lowest BCUT2D eigenvalue weighted by Gasteiger charge is -2.34. The zero-order valence-electron chi connectivity index (χ0n) is 34.6. The first-order valence-electron chi connectivity index (χ1n) is 19.6. The number of rotatable bonds is 22. The highest BCUT2D eigenvalue weighted by atomic mass is 16.3. The van der Waals surface area contributed by atoms with Gasteiger partial charge in [0, 0.05) is 0 Å². The van der Waals surface area contributed by atoms with Crippen molar-refractivity contribution in [3.8, 4) is 0 Å². The van der Waals surface area contributed by atoms with E-state index in [-0.39, 0.29) is 60.4 Å². The van der Waals surface area contributed by atoms with E-state index >= 15 is 0 Å². The molecule has 0 bridgehead atoms. The molecule has 4 amide bonds. The van der Waals surface area contributed by atoms with Crippen LogP contribution in [0.1, 0.15) is 93.2 Å². The number of hydrogen-bond acceptors (Lipinski definition) is 7. The van der Waals surface area contributed by atoms with Gasteiger partial charge in [0.25, 0.3) is 0 Å². The molecule has 2 aromatic carbocycles. The minimum Gasteiger partial charge on any atom is -0.389 e. The Morgan fingerprint density at radius 2 is 0.889 bits per heavy atom. The molecule has 302 valence electrons. The van der Waals surface area contributed by atoms with Crippen LogP contribution in [0.2, 0.25) is 0 Å². The zero-order valence-corrected chi connectivity index (χ0v) is 34.6. The third-order valence-corrected chi connectivity index (χ3v) is 9.28. The number of hydrogen-bond donors (Lipinski definition) is 7. The highest BCUT2D eigenvalue weighted by Crippen LogP contribution is 2.18. The molecule has 11 nitrogen and oxygen atoms in total. The Balaban J connectivity index is 2.32. The topological polar surface area (TPSA) is 161 Å². The lowest BCUT2D eigenvalue weighted by atomic mass is 9.91. The molecule has 0 fully saturated rings. The van der Waals surface area contributed by atoms with E-state index in [1.165, 1.54) is 0 Å². The van der Waals surface area contributed by atoms with Gasteiger partial charge in [-0.25, -0.2) is 0 Å². The van der Waals surface area contributed by atoms with Crippen LogP contribution < -0.4 is 31.9 Å². The highest BCUT2D eigenvalue weighted by molar-refractivity contribution is 5.89. The van der Waals surface area contributed by atoms with Gasteiger partial charge in [-0.2, -0.15) is 0 Å². The molecule has 0 saturated heterocycles. The van der Waals surface area contributed by atoms with Crippen molar-refractivity contribution < 1.29 is 24.3 Å². The Hall–Kier alpha value is -3.80. The molecule has 0 aliphatic rings. The molecule has 0 aliphatic carbocycles. The van der Waals surface area contributed by atoms with Crippen molar-refractivity contribution in [2.45, 2.75) is 125 Å². The van der Waals surface area contributed by atoms with Gasteiger partial charge in [0.05, 0.1) is 31.3 Å². The molecule has 0 heterocycles. The molecular formula is C43H70N6O5. The van der Waals surface area contributed by atoms with Gasteiger partial charge in [-0.15, -0.1) is 0 Å². The van der Waals surface area contributed by atoms with Crippen LogP contribution >= 0.6 is 0 Å². The molecule has 0 spiro atoms. The monoisotopic (exact) mass is 751 g/mol. The molecule has 0 radical (unpaired) electrons. The number of aliphatic hydroxyl groups excluding tert-OH is 1. The molecular weight excluding hydrogens is 681 g/mol. The summed E-state index contributed by atoms with van der Waals surface area (Å²) in [6.07, 6.45) is 1.09. The Labute approximate surface area is 325 Å². The standard InChI is InChI=1S/C43H70N6O5/c1-29(2)37(48-35(50)27-44-23-21-42(5,6)7)40(53)46-33(25-31-17-13-11-14-18-31)39(52)34(26-32-19-15-12-16-20-32)47-41(54)38(30(3)4)49-36(51)28-45-24-22-43(8,9)10/h11-20,29-30,33-34,37-39,44-45,52H,21-28H2,1-10H3,(H,46,53)(H,47,54)(H,48,50)(H,49,51)/t33-,34-,37-,38-/m0/s1. The van der Waals surface area contributed by atoms with Gasteiger partial charge < -0.3 is 37.0 Å². The average Bonchev–Trinajstić information content (AvgIpc) is 3.08. The molecule has 0 unspecified atom stereocenters. The second-order valence-corrected chi connectivity index (χ2v) is 17.7. The normalized spacial score (nSPS) is 14.3. The van der Waals surface area contributed by atoms with Gasteiger partial charge in [-0.05, 0) is 72.6 Å². The van der Waals surface area contributed by atoms with Gasteiger partial charge >= 0.3 is 0 Å². The van der Waals surface area contributed by atoms with Crippen LogP contribution in [0, 0.1) is 22.7 Å². The molecule has 2 rings (SSSR count). The summed E-state index contributed by atoms with van der Waals surface area (Å²) in [5.74, 6) is -1.92. The van der Waals surface area contributed by atoms with E-state index in [1.807, 2.05) is 88.4 Å². The number of aliphatic hydroxyl groups is 1. The van der Waals surface area contributed by atoms with Crippen LogP contribution in [0.3, 0.4) is 0 Å². The number of nitrogens with one attached hydrogen (secondary N) is 6. The van der Waals surface area contributed by atoms with E-state index in [1.54, 1.807) is 0 Å². The summed E-state index contributed by atoms with van der Waals surface area (Å²) in [7, 11) is 0. The second-order valence-electron chi connectivity index (χ2n) is 17.7. The fraction of sp³-hybridized carbons (Fsp3) is 0.628. The summed E-state index contributed by atoms with van der Waals surface area (Å²) in [6.45, 7) is 21.8. The first-order chi connectivity index (χ1) is 25.3. The maximum atomic E-state index is 14.0. The van der Waals surface area contributed by atoms with Gasteiger partial charge in [0.1, 0.15) is 12.1 Å². The van der Waals surface area contributed by atoms with Crippen LogP contribution in [-0.2, 0) is 32.0 Å². The minimum atomic E-state index is -1.25. The van der Waals surface area contributed by atoms with Gasteiger partial charge in [-0.1, -0.05) is 130 Å². The summed E-state index contributed by atoms with van der Waals surface area (Å²) < 4.78 is 0. The number of amides is 4. The maximum Gasteiger partial charge on any atom is 0.243 e. The van der Waals surface area contributed by atoms with Gasteiger partial charge in [-0.3, -0.25) is 19.2 Å². The summed E-state index contributed by atoms with van der Waals surface area (Å²) in [5, 5.41) is 30.4. The van der Waals surface area contributed by atoms with Crippen LogP contribution in [0.25, 0.3) is 0 Å². The van der Waals surface area contributed by atoms with Crippen LogP contribution in [0.5, 0.6) is 0 Å². The maximum absolute atomic E-state index is 14.0. The second kappa shape index (κ2) is 22.5. The molecule has 0 saturated carbocycles. The number of benzene rings is 2. The Morgan fingerprint density at radius 3 is 1.19 bits per heavy atom. The van der Waals surface area contributed by atoms with Crippen molar-refractivity contribution in [3.63, 3.8) is 0 Å². The van der Waals surface area contributed by atoms with Crippen molar-refractivity contribution in [1.29, 1.82) is 0 Å². The fourth-order valence-electron chi connectivity index (χ4n) is 5.93. The predicted octanol–water partition coefficient (Wildman–Crippen LogP) is 4.14.